The van der Waals surface area contributed by atoms with Gasteiger partial charge in [-0.05, 0) is 17.2 Å². The largest absolute Gasteiger partial charge is 0.381 e. The Morgan fingerprint density at radius 1 is 1.11 bits per heavy atom. The number of rotatable bonds is 5. The Morgan fingerprint density at radius 2 is 1.79 bits per heavy atom. The van der Waals surface area contributed by atoms with Crippen LogP contribution in [0.15, 0.2) is 48.5 Å². The number of anilines is 1. The number of nitrogens with zero attached hydrogens (tertiary/aromatic N) is 1. The average molecular weight is 257 g/mol. The second-order valence-corrected chi connectivity index (χ2v) is 4.14. The maximum Gasteiger partial charge on any atom is 0.269 e. The summed E-state index contributed by atoms with van der Waals surface area (Å²) < 4.78 is 0. The minimum atomic E-state index is -0.402. The van der Waals surface area contributed by atoms with Crippen LogP contribution in [-0.4, -0.2) is 4.92 Å². The van der Waals surface area contributed by atoms with E-state index in [4.69, 9.17) is 5.73 Å². The second-order valence-electron chi connectivity index (χ2n) is 4.14. The summed E-state index contributed by atoms with van der Waals surface area (Å²) in [6, 6.07) is 14.3. The first-order valence-electron chi connectivity index (χ1n) is 5.96. The van der Waals surface area contributed by atoms with Crippen LogP contribution in [0.3, 0.4) is 0 Å². The first-order chi connectivity index (χ1) is 9.20. The summed E-state index contributed by atoms with van der Waals surface area (Å²) in [5, 5.41) is 13.8. The van der Waals surface area contributed by atoms with Gasteiger partial charge in [0.25, 0.3) is 5.69 Å². The topological polar surface area (TPSA) is 81.2 Å². The predicted octanol–water partition coefficient (Wildman–Crippen LogP) is 2.67. The van der Waals surface area contributed by atoms with Gasteiger partial charge in [-0.3, -0.25) is 10.1 Å². The monoisotopic (exact) mass is 257 g/mol. The number of benzene rings is 2. The van der Waals surface area contributed by atoms with Crippen LogP contribution in [0.1, 0.15) is 11.1 Å². The number of para-hydroxylation sites is 1. The molecule has 98 valence electrons. The van der Waals surface area contributed by atoms with Gasteiger partial charge in [-0.1, -0.05) is 30.3 Å². The molecule has 5 heteroatoms. The van der Waals surface area contributed by atoms with Crippen LogP contribution in [0.25, 0.3) is 0 Å². The molecule has 0 aliphatic rings. The Morgan fingerprint density at radius 3 is 2.42 bits per heavy atom. The molecule has 0 unspecified atom stereocenters. The van der Waals surface area contributed by atoms with E-state index in [1.165, 1.54) is 12.1 Å². The molecular formula is C14H15N3O2. The Balaban J connectivity index is 2.04. The van der Waals surface area contributed by atoms with Crippen LogP contribution in [0, 0.1) is 10.1 Å². The molecule has 0 spiro atoms. The van der Waals surface area contributed by atoms with Crippen molar-refractivity contribution in [1.29, 1.82) is 0 Å². The number of nitro groups is 1. The second kappa shape index (κ2) is 5.97. The highest BCUT2D eigenvalue weighted by atomic mass is 16.6. The van der Waals surface area contributed by atoms with Crippen molar-refractivity contribution in [2.24, 2.45) is 5.73 Å². The van der Waals surface area contributed by atoms with Crippen LogP contribution in [0.4, 0.5) is 11.4 Å². The van der Waals surface area contributed by atoms with E-state index in [0.717, 1.165) is 16.8 Å². The standard InChI is InChI=1S/C14H15N3O2/c15-9-12-3-1-2-4-14(12)16-10-11-5-7-13(8-6-11)17(18)19/h1-8,16H,9-10,15H2. The fourth-order valence-electron chi connectivity index (χ4n) is 1.80. The number of non-ortho nitro benzene ring substituents is 1. The molecule has 0 saturated carbocycles. The minimum Gasteiger partial charge on any atom is -0.381 e. The lowest BCUT2D eigenvalue weighted by molar-refractivity contribution is -0.384. The SMILES string of the molecule is NCc1ccccc1NCc1ccc([N+](=O)[O-])cc1. The van der Waals surface area contributed by atoms with Crippen molar-refractivity contribution in [1.82, 2.24) is 0 Å². The molecule has 0 amide bonds. The van der Waals surface area contributed by atoms with Crippen LogP contribution in [0.2, 0.25) is 0 Å². The lowest BCUT2D eigenvalue weighted by atomic mass is 10.1. The van der Waals surface area contributed by atoms with Gasteiger partial charge < -0.3 is 11.1 Å². The summed E-state index contributed by atoms with van der Waals surface area (Å²) in [5.74, 6) is 0. The van der Waals surface area contributed by atoms with Gasteiger partial charge in [0.15, 0.2) is 0 Å². The van der Waals surface area contributed by atoms with Crippen molar-refractivity contribution in [3.63, 3.8) is 0 Å². The molecule has 0 aliphatic carbocycles. The molecular weight excluding hydrogens is 242 g/mol. The van der Waals surface area contributed by atoms with E-state index < -0.39 is 4.92 Å². The molecule has 0 saturated heterocycles. The highest BCUT2D eigenvalue weighted by molar-refractivity contribution is 5.51. The quantitative estimate of drug-likeness (QED) is 0.637. The zero-order chi connectivity index (χ0) is 13.7. The van der Waals surface area contributed by atoms with E-state index >= 15 is 0 Å². The third-order valence-corrected chi connectivity index (χ3v) is 2.87. The predicted molar refractivity (Wildman–Crippen MR) is 74.8 cm³/mol. The summed E-state index contributed by atoms with van der Waals surface area (Å²) in [5.41, 5.74) is 8.78. The summed E-state index contributed by atoms with van der Waals surface area (Å²) in [7, 11) is 0. The number of nitrogens with two attached hydrogens (primary N) is 1. The average Bonchev–Trinajstić information content (AvgIpc) is 2.45. The van der Waals surface area contributed by atoms with Gasteiger partial charge in [0.2, 0.25) is 0 Å². The van der Waals surface area contributed by atoms with Gasteiger partial charge in [0.05, 0.1) is 4.92 Å². The highest BCUT2D eigenvalue weighted by Gasteiger charge is 2.04. The summed E-state index contributed by atoms with van der Waals surface area (Å²) >= 11 is 0. The van der Waals surface area contributed by atoms with E-state index in [1.54, 1.807) is 12.1 Å². The summed E-state index contributed by atoms with van der Waals surface area (Å²) in [6.07, 6.45) is 0. The molecule has 0 fully saturated rings. The Labute approximate surface area is 111 Å². The van der Waals surface area contributed by atoms with Gasteiger partial charge in [-0.25, -0.2) is 0 Å². The molecule has 0 heterocycles. The van der Waals surface area contributed by atoms with Crippen LogP contribution in [0.5, 0.6) is 0 Å². The normalized spacial score (nSPS) is 10.2. The molecule has 0 aliphatic heterocycles. The maximum atomic E-state index is 10.6. The van der Waals surface area contributed by atoms with Crippen LogP contribution < -0.4 is 11.1 Å². The van der Waals surface area contributed by atoms with Gasteiger partial charge in [-0.2, -0.15) is 0 Å². The fourth-order valence-corrected chi connectivity index (χ4v) is 1.80. The Kier molecular flexibility index (Phi) is 4.10. The number of nitrogens with one attached hydrogen (secondary N) is 1. The van der Waals surface area contributed by atoms with Gasteiger partial charge in [-0.15, -0.1) is 0 Å². The molecule has 0 bridgehead atoms. The molecule has 0 radical (unpaired) electrons. The van der Waals surface area contributed by atoms with Crippen molar-refractivity contribution >= 4 is 11.4 Å². The van der Waals surface area contributed by atoms with Crippen molar-refractivity contribution < 1.29 is 4.92 Å². The highest BCUT2D eigenvalue weighted by Crippen LogP contribution is 2.17. The van der Waals surface area contributed by atoms with Gasteiger partial charge >= 0.3 is 0 Å². The fraction of sp³-hybridized carbons (Fsp3) is 0.143. The Bertz CT molecular complexity index is 567. The first-order valence-corrected chi connectivity index (χ1v) is 5.96. The molecule has 2 aromatic rings. The van der Waals surface area contributed by atoms with Crippen LogP contribution in [-0.2, 0) is 13.1 Å². The van der Waals surface area contributed by atoms with Crippen molar-refractivity contribution in [2.45, 2.75) is 13.1 Å². The lowest BCUT2D eigenvalue weighted by Crippen LogP contribution is -2.05. The van der Waals surface area contributed by atoms with E-state index in [-0.39, 0.29) is 5.69 Å². The third kappa shape index (κ3) is 3.29. The van der Waals surface area contributed by atoms with E-state index in [2.05, 4.69) is 5.32 Å². The van der Waals surface area contributed by atoms with Crippen molar-refractivity contribution in [2.75, 3.05) is 5.32 Å². The minimum absolute atomic E-state index is 0.103. The summed E-state index contributed by atoms with van der Waals surface area (Å²) in [4.78, 5) is 10.1. The van der Waals surface area contributed by atoms with Crippen molar-refractivity contribution in [3.05, 3.63) is 69.8 Å². The smallest absolute Gasteiger partial charge is 0.269 e. The van der Waals surface area contributed by atoms with Gasteiger partial charge in [0, 0.05) is 30.9 Å². The van der Waals surface area contributed by atoms with E-state index in [1.807, 2.05) is 24.3 Å². The molecule has 2 aromatic carbocycles. The zero-order valence-electron chi connectivity index (χ0n) is 10.4. The van der Waals surface area contributed by atoms with E-state index in [9.17, 15) is 10.1 Å². The summed E-state index contributed by atoms with van der Waals surface area (Å²) in [6.45, 7) is 1.08. The lowest BCUT2D eigenvalue weighted by Gasteiger charge is -2.10. The molecule has 19 heavy (non-hydrogen) atoms. The van der Waals surface area contributed by atoms with E-state index in [0.29, 0.717) is 13.1 Å². The molecule has 2 rings (SSSR count). The number of nitro benzene ring substituents is 1. The Hall–Kier alpha value is -2.40. The zero-order valence-corrected chi connectivity index (χ0v) is 10.4. The third-order valence-electron chi connectivity index (χ3n) is 2.87. The van der Waals surface area contributed by atoms with Crippen LogP contribution >= 0.6 is 0 Å². The number of hydrogen-bond acceptors (Lipinski definition) is 4. The molecule has 0 aromatic heterocycles. The maximum absolute atomic E-state index is 10.6. The molecule has 0 atom stereocenters. The van der Waals surface area contributed by atoms with Crippen molar-refractivity contribution in [3.8, 4) is 0 Å². The molecule has 5 nitrogen and oxygen atoms in total. The van der Waals surface area contributed by atoms with Gasteiger partial charge in [0.1, 0.15) is 0 Å². The first kappa shape index (κ1) is 13.0. The number of hydrogen-bond donors (Lipinski definition) is 2. The molecule has 3 N–H and O–H groups in total.